The minimum atomic E-state index is -1.47. The largest absolute Gasteiger partial charge is 0.494 e. The van der Waals surface area contributed by atoms with E-state index < -0.39 is 23.3 Å². The topological polar surface area (TPSA) is 108 Å². The van der Waals surface area contributed by atoms with Crippen LogP contribution in [-0.2, 0) is 9.59 Å². The quantitative estimate of drug-likeness (QED) is 0.644. The van der Waals surface area contributed by atoms with Gasteiger partial charge in [-0.15, -0.1) is 0 Å². The van der Waals surface area contributed by atoms with Gasteiger partial charge in [-0.05, 0) is 69.8 Å². The van der Waals surface area contributed by atoms with Crippen LogP contribution in [0, 0.1) is 5.92 Å². The van der Waals surface area contributed by atoms with Gasteiger partial charge in [-0.25, -0.2) is 4.79 Å². The number of fused-ring (bicyclic) bond motifs is 1. The van der Waals surface area contributed by atoms with Gasteiger partial charge in [-0.1, -0.05) is 6.92 Å². The van der Waals surface area contributed by atoms with Crippen molar-refractivity contribution in [3.05, 3.63) is 23.8 Å². The van der Waals surface area contributed by atoms with E-state index in [2.05, 4.69) is 10.6 Å². The molecular formula is C21H29N3O5. The number of rotatable bonds is 7. The van der Waals surface area contributed by atoms with Gasteiger partial charge >= 0.3 is 5.97 Å². The molecule has 1 aromatic carbocycles. The normalized spacial score (nSPS) is 19.7. The fourth-order valence-corrected chi connectivity index (χ4v) is 3.82. The van der Waals surface area contributed by atoms with Gasteiger partial charge in [0.25, 0.3) is 5.91 Å². The number of hydrogen-bond donors (Lipinski definition) is 3. The second-order valence-corrected chi connectivity index (χ2v) is 7.91. The van der Waals surface area contributed by atoms with E-state index in [4.69, 9.17) is 4.74 Å². The maximum Gasteiger partial charge on any atom is 0.329 e. The Morgan fingerprint density at radius 1 is 1.31 bits per heavy atom. The molecule has 158 valence electrons. The fraction of sp³-hybridized carbons (Fsp3) is 0.571. The average Bonchev–Trinajstić information content (AvgIpc) is 2.84. The summed E-state index contributed by atoms with van der Waals surface area (Å²) in [6, 6.07) is 4.95. The highest BCUT2D eigenvalue weighted by Crippen LogP contribution is 2.30. The number of anilines is 1. The van der Waals surface area contributed by atoms with Crippen molar-refractivity contribution in [1.29, 1.82) is 0 Å². The number of carboxylic acids is 1. The van der Waals surface area contributed by atoms with Crippen molar-refractivity contribution in [3.63, 3.8) is 0 Å². The zero-order valence-corrected chi connectivity index (χ0v) is 17.0. The summed E-state index contributed by atoms with van der Waals surface area (Å²) < 4.78 is 5.87. The Labute approximate surface area is 170 Å². The van der Waals surface area contributed by atoms with Crippen molar-refractivity contribution in [1.82, 2.24) is 10.2 Å². The molecule has 3 rings (SSSR count). The summed E-state index contributed by atoms with van der Waals surface area (Å²) in [5.41, 5.74) is -0.852. The molecule has 0 spiro atoms. The molecule has 0 saturated carbocycles. The number of hydrogen-bond acceptors (Lipinski definition) is 5. The number of aliphatic carboxylic acids is 1. The van der Waals surface area contributed by atoms with Crippen molar-refractivity contribution < 1.29 is 24.2 Å². The van der Waals surface area contributed by atoms with E-state index >= 15 is 0 Å². The predicted octanol–water partition coefficient (Wildman–Crippen LogP) is 2.10. The molecule has 1 aromatic rings. The minimum Gasteiger partial charge on any atom is -0.494 e. The van der Waals surface area contributed by atoms with Crippen LogP contribution in [0.5, 0.6) is 5.75 Å². The Balaban J connectivity index is 1.78. The van der Waals surface area contributed by atoms with Crippen LogP contribution in [0.15, 0.2) is 18.2 Å². The first-order chi connectivity index (χ1) is 13.8. The molecule has 8 heteroatoms. The highest BCUT2D eigenvalue weighted by atomic mass is 16.5. The third kappa shape index (κ3) is 4.53. The smallest absolute Gasteiger partial charge is 0.329 e. The molecule has 8 nitrogen and oxygen atoms in total. The van der Waals surface area contributed by atoms with E-state index in [0.717, 1.165) is 37.3 Å². The number of nitrogens with one attached hydrogen (secondary N) is 2. The fourth-order valence-electron chi connectivity index (χ4n) is 3.82. The third-order valence-corrected chi connectivity index (χ3v) is 6.04. The lowest BCUT2D eigenvalue weighted by Crippen LogP contribution is -2.56. The highest BCUT2D eigenvalue weighted by molar-refractivity contribution is 6.10. The van der Waals surface area contributed by atoms with Crippen LogP contribution < -0.4 is 15.4 Å². The van der Waals surface area contributed by atoms with E-state index in [1.807, 2.05) is 0 Å². The number of amides is 2. The number of carbonyl (C=O) groups is 3. The van der Waals surface area contributed by atoms with Gasteiger partial charge in [0.2, 0.25) is 5.91 Å². The number of ether oxygens (including phenoxy) is 1. The van der Waals surface area contributed by atoms with E-state index in [9.17, 15) is 19.5 Å². The predicted molar refractivity (Wildman–Crippen MR) is 108 cm³/mol. The average molecular weight is 403 g/mol. The molecule has 1 saturated heterocycles. The summed E-state index contributed by atoms with van der Waals surface area (Å²) in [6.07, 6.45) is 3.40. The van der Waals surface area contributed by atoms with Gasteiger partial charge in [0.1, 0.15) is 17.8 Å². The van der Waals surface area contributed by atoms with Crippen LogP contribution in [0.3, 0.4) is 0 Å². The Kier molecular flexibility index (Phi) is 6.42. The van der Waals surface area contributed by atoms with Crippen molar-refractivity contribution in [2.75, 3.05) is 31.6 Å². The third-order valence-electron chi connectivity index (χ3n) is 6.04. The van der Waals surface area contributed by atoms with E-state index in [-0.39, 0.29) is 18.5 Å². The van der Waals surface area contributed by atoms with E-state index in [1.54, 1.807) is 25.1 Å². The SMILES string of the molecule is CCC(C)(C(=O)O)N1CC(=O)Nc2ccc(OCCC3CCNCC3)cc2C1=O. The first-order valence-corrected chi connectivity index (χ1v) is 10.2. The first kappa shape index (κ1) is 21.1. The van der Waals surface area contributed by atoms with Crippen molar-refractivity contribution >= 4 is 23.5 Å². The minimum absolute atomic E-state index is 0.184. The standard InChI is InChI=1S/C21H29N3O5/c1-3-21(2,20(27)28)24-13-18(25)23-17-5-4-15(12-16(17)19(24)26)29-11-8-14-6-9-22-10-7-14/h4-5,12,14,22H,3,6-11,13H2,1-2H3,(H,23,25)(H,27,28). The summed E-state index contributed by atoms with van der Waals surface area (Å²) in [5, 5.41) is 15.7. The highest BCUT2D eigenvalue weighted by Gasteiger charge is 2.44. The van der Waals surface area contributed by atoms with Crippen LogP contribution in [0.2, 0.25) is 0 Å². The van der Waals surface area contributed by atoms with Crippen LogP contribution in [0.25, 0.3) is 0 Å². The lowest BCUT2D eigenvalue weighted by Gasteiger charge is -2.35. The van der Waals surface area contributed by atoms with E-state index in [1.165, 1.54) is 6.92 Å². The first-order valence-electron chi connectivity index (χ1n) is 10.2. The zero-order valence-electron chi connectivity index (χ0n) is 17.0. The van der Waals surface area contributed by atoms with Gasteiger partial charge in [-0.3, -0.25) is 9.59 Å². The summed E-state index contributed by atoms with van der Waals surface area (Å²) in [7, 11) is 0. The van der Waals surface area contributed by atoms with E-state index in [0.29, 0.717) is 24.0 Å². The summed E-state index contributed by atoms with van der Waals surface area (Å²) in [6.45, 7) is 5.46. The molecule has 1 unspecified atom stereocenters. The molecule has 1 atom stereocenters. The summed E-state index contributed by atoms with van der Waals surface area (Å²) in [5.74, 6) is -0.879. The van der Waals surface area contributed by atoms with Crippen LogP contribution in [-0.4, -0.2) is 59.6 Å². The molecule has 2 heterocycles. The molecule has 2 aliphatic heterocycles. The van der Waals surface area contributed by atoms with Crippen LogP contribution >= 0.6 is 0 Å². The van der Waals surface area contributed by atoms with Gasteiger partial charge in [0.15, 0.2) is 0 Å². The monoisotopic (exact) mass is 403 g/mol. The van der Waals surface area contributed by atoms with Crippen LogP contribution in [0.1, 0.15) is 49.9 Å². The number of benzene rings is 1. The molecule has 0 bridgehead atoms. The van der Waals surface area contributed by atoms with Crippen molar-refractivity contribution in [2.45, 2.75) is 45.1 Å². The van der Waals surface area contributed by atoms with Gasteiger partial charge < -0.3 is 25.4 Å². The number of piperidine rings is 1. The summed E-state index contributed by atoms with van der Waals surface area (Å²) in [4.78, 5) is 38.4. The lowest BCUT2D eigenvalue weighted by molar-refractivity contribution is -0.149. The van der Waals surface area contributed by atoms with Crippen molar-refractivity contribution in [2.24, 2.45) is 5.92 Å². The van der Waals surface area contributed by atoms with Gasteiger partial charge in [0, 0.05) is 0 Å². The van der Waals surface area contributed by atoms with Gasteiger partial charge in [0.05, 0.1) is 17.9 Å². The Morgan fingerprint density at radius 3 is 2.69 bits per heavy atom. The Hall–Kier alpha value is -2.61. The van der Waals surface area contributed by atoms with Gasteiger partial charge in [-0.2, -0.15) is 0 Å². The maximum absolute atomic E-state index is 13.2. The van der Waals surface area contributed by atoms with Crippen molar-refractivity contribution in [3.8, 4) is 5.75 Å². The number of carbonyl (C=O) groups excluding carboxylic acids is 2. The number of nitrogens with zero attached hydrogens (tertiary/aromatic N) is 1. The molecule has 1 fully saturated rings. The molecular weight excluding hydrogens is 374 g/mol. The Bertz CT molecular complexity index is 791. The second kappa shape index (κ2) is 8.82. The second-order valence-electron chi connectivity index (χ2n) is 7.91. The molecule has 0 aromatic heterocycles. The summed E-state index contributed by atoms with van der Waals surface area (Å²) >= 11 is 0. The molecule has 3 N–H and O–H groups in total. The number of carboxylic acid groups (broad SMARTS) is 1. The Morgan fingerprint density at radius 2 is 2.03 bits per heavy atom. The molecule has 2 aliphatic rings. The molecule has 0 radical (unpaired) electrons. The molecule has 0 aliphatic carbocycles. The van der Waals surface area contributed by atoms with Crippen LogP contribution in [0.4, 0.5) is 5.69 Å². The lowest BCUT2D eigenvalue weighted by atomic mass is 9.95. The zero-order chi connectivity index (χ0) is 21.0. The molecule has 29 heavy (non-hydrogen) atoms. The molecule has 2 amide bonds. The maximum atomic E-state index is 13.2.